The summed E-state index contributed by atoms with van der Waals surface area (Å²) in [7, 11) is -3.54. The Bertz CT molecular complexity index is 1450. The summed E-state index contributed by atoms with van der Waals surface area (Å²) in [6, 6.07) is 15.5. The molecule has 0 radical (unpaired) electrons. The van der Waals surface area contributed by atoms with Crippen LogP contribution in [0.2, 0.25) is 15.1 Å². The van der Waals surface area contributed by atoms with E-state index >= 15 is 0 Å². The molecule has 36 heavy (non-hydrogen) atoms. The number of aliphatic hydroxyl groups is 2. The molecule has 1 aliphatic heterocycles. The molecule has 0 aromatic heterocycles. The molecule has 1 aliphatic rings. The van der Waals surface area contributed by atoms with E-state index in [2.05, 4.69) is 5.32 Å². The molecular weight excluding hydrogens is 543 g/mol. The third-order valence-electron chi connectivity index (χ3n) is 5.97. The lowest BCUT2D eigenvalue weighted by Gasteiger charge is -2.29. The second-order valence-electron chi connectivity index (χ2n) is 9.11. The molecule has 0 fully saturated rings. The van der Waals surface area contributed by atoms with Gasteiger partial charge in [-0.15, -0.1) is 0 Å². The Kier molecular flexibility index (Phi) is 7.36. The van der Waals surface area contributed by atoms with Crippen molar-refractivity contribution < 1.29 is 18.6 Å². The summed E-state index contributed by atoms with van der Waals surface area (Å²) in [6.07, 6.45) is 2.34. The molecule has 10 heteroatoms. The van der Waals surface area contributed by atoms with E-state index in [0.717, 1.165) is 6.26 Å². The molecule has 0 spiro atoms. The van der Waals surface area contributed by atoms with Gasteiger partial charge >= 0.3 is 0 Å². The number of rotatable bonds is 6. The van der Waals surface area contributed by atoms with Crippen molar-refractivity contribution in [3.8, 4) is 11.1 Å². The molecule has 0 amide bonds. The lowest BCUT2D eigenvalue weighted by molar-refractivity contribution is 0.112. The minimum absolute atomic E-state index is 0.0672. The van der Waals surface area contributed by atoms with E-state index in [1.807, 2.05) is 11.0 Å². The monoisotopic (exact) mass is 566 g/mol. The average molecular weight is 568 g/mol. The van der Waals surface area contributed by atoms with Crippen LogP contribution in [0.5, 0.6) is 0 Å². The van der Waals surface area contributed by atoms with Crippen LogP contribution in [-0.4, -0.2) is 30.5 Å². The number of anilines is 1. The molecule has 1 atom stereocenters. The zero-order valence-electron chi connectivity index (χ0n) is 19.8. The van der Waals surface area contributed by atoms with Crippen molar-refractivity contribution in [1.29, 1.82) is 0 Å². The highest BCUT2D eigenvalue weighted by Crippen LogP contribution is 2.43. The van der Waals surface area contributed by atoms with Gasteiger partial charge in [-0.1, -0.05) is 59.1 Å². The number of hydrogen-bond donors (Lipinski definition) is 3. The SMILES string of the molecule is CC(C)(O)C1=CN(c2ccc(-c3ccc(CO)c(S(C)(=O)=O)c3)cc2Cl)C(c2c(Cl)cccc2Cl)N1. The summed E-state index contributed by atoms with van der Waals surface area (Å²) in [4.78, 5) is 1.92. The van der Waals surface area contributed by atoms with Crippen molar-refractivity contribution in [2.45, 2.75) is 37.1 Å². The van der Waals surface area contributed by atoms with E-state index in [-0.39, 0.29) is 11.5 Å². The topological polar surface area (TPSA) is 89.9 Å². The highest BCUT2D eigenvalue weighted by atomic mass is 35.5. The molecule has 1 unspecified atom stereocenters. The first-order valence-corrected chi connectivity index (χ1v) is 14.0. The minimum atomic E-state index is -3.54. The number of hydrogen-bond acceptors (Lipinski definition) is 6. The molecule has 6 nitrogen and oxygen atoms in total. The van der Waals surface area contributed by atoms with Gasteiger partial charge in [-0.3, -0.25) is 0 Å². The normalized spacial score (nSPS) is 16.2. The fourth-order valence-corrected chi connectivity index (χ4v) is 5.93. The molecule has 3 N–H and O–H groups in total. The minimum Gasteiger partial charge on any atom is -0.392 e. The van der Waals surface area contributed by atoms with Crippen molar-refractivity contribution >= 4 is 50.3 Å². The van der Waals surface area contributed by atoms with Crippen LogP contribution in [-0.2, 0) is 16.4 Å². The van der Waals surface area contributed by atoms with Crippen LogP contribution in [0.3, 0.4) is 0 Å². The van der Waals surface area contributed by atoms with Gasteiger partial charge in [-0.25, -0.2) is 8.42 Å². The maximum atomic E-state index is 12.2. The van der Waals surface area contributed by atoms with E-state index in [0.29, 0.717) is 48.7 Å². The zero-order valence-corrected chi connectivity index (χ0v) is 22.8. The fraction of sp³-hybridized carbons (Fsp3) is 0.231. The highest BCUT2D eigenvalue weighted by Gasteiger charge is 2.35. The third-order valence-corrected chi connectivity index (χ3v) is 8.11. The van der Waals surface area contributed by atoms with Gasteiger partial charge in [-0.05, 0) is 60.9 Å². The van der Waals surface area contributed by atoms with Gasteiger partial charge in [0.25, 0.3) is 0 Å². The van der Waals surface area contributed by atoms with Gasteiger partial charge in [-0.2, -0.15) is 0 Å². The summed E-state index contributed by atoms with van der Waals surface area (Å²) >= 11 is 19.8. The number of nitrogens with one attached hydrogen (secondary N) is 1. The molecule has 0 aliphatic carbocycles. The maximum Gasteiger partial charge on any atom is 0.175 e. The van der Waals surface area contributed by atoms with E-state index in [1.54, 1.807) is 62.5 Å². The Hall–Kier alpha value is -2.26. The van der Waals surface area contributed by atoms with Crippen LogP contribution in [0.25, 0.3) is 11.1 Å². The van der Waals surface area contributed by atoms with Crippen LogP contribution in [0.4, 0.5) is 5.69 Å². The Morgan fingerprint density at radius 3 is 2.14 bits per heavy atom. The Labute approximate surface area is 225 Å². The van der Waals surface area contributed by atoms with Gasteiger partial charge in [0.2, 0.25) is 0 Å². The maximum absolute atomic E-state index is 12.2. The zero-order chi connectivity index (χ0) is 26.4. The molecule has 3 aromatic rings. The van der Waals surface area contributed by atoms with Crippen LogP contribution < -0.4 is 10.2 Å². The van der Waals surface area contributed by atoms with Gasteiger partial charge in [0.05, 0.1) is 33.5 Å². The smallest absolute Gasteiger partial charge is 0.175 e. The van der Waals surface area contributed by atoms with E-state index in [9.17, 15) is 18.6 Å². The standard InChI is InChI=1S/C26H25Cl3N2O4S/c1-26(2,33)23-13-31(25(30-23)24-18(27)5-4-6-19(24)28)21-10-9-15(11-20(21)29)16-7-8-17(14-32)22(12-16)36(3,34)35/h4-13,25,30,32-33H,14H2,1-3H3. The van der Waals surface area contributed by atoms with Crippen molar-refractivity contribution in [2.24, 2.45) is 0 Å². The first-order chi connectivity index (χ1) is 16.8. The first kappa shape index (κ1) is 26.8. The van der Waals surface area contributed by atoms with Crippen molar-refractivity contribution in [3.63, 3.8) is 0 Å². The molecule has 4 rings (SSSR count). The predicted octanol–water partition coefficient (Wildman–Crippen LogP) is 5.93. The fourth-order valence-electron chi connectivity index (χ4n) is 4.10. The van der Waals surface area contributed by atoms with Gasteiger partial charge in [0.1, 0.15) is 6.17 Å². The number of nitrogens with zero attached hydrogens (tertiary/aromatic N) is 1. The average Bonchev–Trinajstić information content (AvgIpc) is 3.23. The summed E-state index contributed by atoms with van der Waals surface area (Å²) < 4.78 is 24.5. The van der Waals surface area contributed by atoms with E-state index in [4.69, 9.17) is 34.8 Å². The second kappa shape index (κ2) is 9.89. The highest BCUT2D eigenvalue weighted by molar-refractivity contribution is 7.90. The van der Waals surface area contributed by atoms with Crippen LogP contribution in [0.15, 0.2) is 71.4 Å². The van der Waals surface area contributed by atoms with E-state index in [1.165, 1.54) is 6.07 Å². The largest absolute Gasteiger partial charge is 0.392 e. The number of aliphatic hydroxyl groups excluding tert-OH is 1. The molecule has 1 heterocycles. The first-order valence-electron chi connectivity index (χ1n) is 11.0. The Balaban J connectivity index is 1.80. The lowest BCUT2D eigenvalue weighted by Crippen LogP contribution is -2.33. The summed E-state index contributed by atoms with van der Waals surface area (Å²) in [5.74, 6) is 0. The summed E-state index contributed by atoms with van der Waals surface area (Å²) in [5, 5.41) is 24.8. The van der Waals surface area contributed by atoms with E-state index < -0.39 is 21.6 Å². The van der Waals surface area contributed by atoms with Crippen molar-refractivity contribution in [3.05, 3.63) is 92.7 Å². The molecule has 190 valence electrons. The number of halogens is 3. The summed E-state index contributed by atoms with van der Waals surface area (Å²) in [5.41, 5.74) is 2.32. The number of sulfone groups is 1. The third kappa shape index (κ3) is 5.23. The lowest BCUT2D eigenvalue weighted by atomic mass is 10.0. The van der Waals surface area contributed by atoms with Gasteiger partial charge in [0.15, 0.2) is 9.84 Å². The molecule has 0 bridgehead atoms. The molecule has 3 aromatic carbocycles. The second-order valence-corrected chi connectivity index (χ2v) is 12.3. The predicted molar refractivity (Wildman–Crippen MR) is 145 cm³/mol. The quantitative estimate of drug-likeness (QED) is 0.342. The van der Waals surface area contributed by atoms with Crippen molar-refractivity contribution in [1.82, 2.24) is 5.32 Å². The Morgan fingerprint density at radius 2 is 1.58 bits per heavy atom. The number of benzene rings is 3. The van der Waals surface area contributed by atoms with Crippen LogP contribution in [0, 0.1) is 0 Å². The van der Waals surface area contributed by atoms with Gasteiger partial charge in [0, 0.05) is 28.1 Å². The summed E-state index contributed by atoms with van der Waals surface area (Å²) in [6.45, 7) is 2.95. The van der Waals surface area contributed by atoms with Crippen molar-refractivity contribution in [2.75, 3.05) is 11.2 Å². The van der Waals surface area contributed by atoms with Crippen LogP contribution >= 0.6 is 34.8 Å². The molecule has 0 saturated carbocycles. The molecule has 0 saturated heterocycles. The Morgan fingerprint density at radius 1 is 0.972 bits per heavy atom. The van der Waals surface area contributed by atoms with Gasteiger partial charge < -0.3 is 20.4 Å². The van der Waals surface area contributed by atoms with Crippen LogP contribution in [0.1, 0.15) is 31.1 Å². The molecular formula is C26H25Cl3N2O4S.